The molecule has 1 aromatic heterocycles. The molecule has 0 radical (unpaired) electrons. The maximum atomic E-state index is 12.3. The Bertz CT molecular complexity index is 420. The van der Waals surface area contributed by atoms with Crippen LogP contribution >= 0.6 is 0 Å². The van der Waals surface area contributed by atoms with E-state index in [4.69, 9.17) is 0 Å². The Morgan fingerprint density at radius 2 is 2.18 bits per heavy atom. The number of Topliss-reactive ketones (excluding diaryl/α,β-unsaturated/α-hetero) is 1. The first kappa shape index (κ1) is 10.9. The zero-order valence-electron chi connectivity index (χ0n) is 10.2. The predicted molar refractivity (Wildman–Crippen MR) is 63.7 cm³/mol. The van der Waals surface area contributed by atoms with E-state index in [-0.39, 0.29) is 6.04 Å². The second-order valence-electron chi connectivity index (χ2n) is 4.95. The molecule has 3 aliphatic rings. The van der Waals surface area contributed by atoms with E-state index in [1.807, 2.05) is 17.8 Å². The fourth-order valence-electron chi connectivity index (χ4n) is 2.76. The number of carbonyl (C=O) groups excluding carboxylic acids is 1. The van der Waals surface area contributed by atoms with E-state index < -0.39 is 0 Å². The maximum Gasteiger partial charge on any atom is 0.158 e. The fraction of sp³-hybridized carbons (Fsp3) is 0.667. The van der Waals surface area contributed by atoms with Gasteiger partial charge in [-0.05, 0) is 0 Å². The molecule has 0 spiro atoms. The first-order valence-corrected chi connectivity index (χ1v) is 6.19. The number of piperazine rings is 3. The lowest BCUT2D eigenvalue weighted by atomic mass is 10.0. The predicted octanol–water partition coefficient (Wildman–Crippen LogP) is -0.468. The van der Waals surface area contributed by atoms with Gasteiger partial charge in [0.15, 0.2) is 5.78 Å². The summed E-state index contributed by atoms with van der Waals surface area (Å²) < 4.78 is 1.93. The van der Waals surface area contributed by atoms with E-state index in [9.17, 15) is 4.79 Å². The summed E-state index contributed by atoms with van der Waals surface area (Å²) in [5, 5.41) is 0. The van der Waals surface area contributed by atoms with Crippen LogP contribution in [-0.2, 0) is 18.3 Å². The lowest BCUT2D eigenvalue weighted by molar-refractivity contribution is -0.128. The van der Waals surface area contributed by atoms with Crippen molar-refractivity contribution in [2.45, 2.75) is 12.5 Å². The van der Waals surface area contributed by atoms with Gasteiger partial charge in [0.05, 0.1) is 12.5 Å². The van der Waals surface area contributed by atoms with Crippen LogP contribution in [0.25, 0.3) is 0 Å². The van der Waals surface area contributed by atoms with Crippen LogP contribution in [0.15, 0.2) is 12.4 Å². The molecule has 0 N–H and O–H groups in total. The smallest absolute Gasteiger partial charge is 0.158 e. The summed E-state index contributed by atoms with van der Waals surface area (Å²) in [6.07, 6.45) is 4.09. The lowest BCUT2D eigenvalue weighted by Crippen LogP contribution is -2.63. The molecule has 4 rings (SSSR count). The first-order chi connectivity index (χ1) is 8.24. The fourth-order valence-corrected chi connectivity index (χ4v) is 2.76. The zero-order valence-corrected chi connectivity index (χ0v) is 10.2. The SMILES string of the molecule is Cn1ccnc1CC(=O)C1CN2CCN1CC2. The quantitative estimate of drug-likeness (QED) is 0.709. The molecule has 2 bridgehead atoms. The van der Waals surface area contributed by atoms with Crippen molar-refractivity contribution in [3.05, 3.63) is 18.2 Å². The molecular formula is C12H18N4O. The Balaban J connectivity index is 1.69. The molecule has 0 aromatic carbocycles. The third-order valence-electron chi connectivity index (χ3n) is 3.90. The van der Waals surface area contributed by atoms with Gasteiger partial charge < -0.3 is 4.57 Å². The van der Waals surface area contributed by atoms with E-state index in [0.717, 1.165) is 38.5 Å². The Kier molecular flexibility index (Phi) is 2.72. The van der Waals surface area contributed by atoms with Crippen molar-refractivity contribution < 1.29 is 4.79 Å². The molecule has 3 saturated heterocycles. The highest BCUT2D eigenvalue weighted by Crippen LogP contribution is 2.17. The number of aromatic nitrogens is 2. The Hall–Kier alpha value is -1.20. The van der Waals surface area contributed by atoms with Gasteiger partial charge >= 0.3 is 0 Å². The second-order valence-corrected chi connectivity index (χ2v) is 4.95. The van der Waals surface area contributed by atoms with Crippen molar-refractivity contribution in [2.24, 2.45) is 7.05 Å². The molecule has 5 nitrogen and oxygen atoms in total. The van der Waals surface area contributed by atoms with Gasteiger partial charge in [-0.3, -0.25) is 14.6 Å². The summed E-state index contributed by atoms with van der Waals surface area (Å²) in [5.41, 5.74) is 0. The number of hydrogen-bond donors (Lipinski definition) is 0. The van der Waals surface area contributed by atoms with Crippen molar-refractivity contribution in [1.82, 2.24) is 19.4 Å². The third kappa shape index (κ3) is 2.00. The van der Waals surface area contributed by atoms with Gasteiger partial charge in [0.25, 0.3) is 0 Å². The number of hydrogen-bond acceptors (Lipinski definition) is 4. The molecule has 1 aromatic rings. The van der Waals surface area contributed by atoms with Crippen molar-refractivity contribution >= 4 is 5.78 Å². The van der Waals surface area contributed by atoms with Crippen molar-refractivity contribution in [1.29, 1.82) is 0 Å². The van der Waals surface area contributed by atoms with E-state index in [0.29, 0.717) is 12.2 Å². The van der Waals surface area contributed by atoms with Crippen LogP contribution in [-0.4, -0.2) is 63.9 Å². The van der Waals surface area contributed by atoms with Crippen LogP contribution in [0.4, 0.5) is 0 Å². The van der Waals surface area contributed by atoms with Gasteiger partial charge in [0.1, 0.15) is 5.82 Å². The molecule has 0 saturated carbocycles. The summed E-state index contributed by atoms with van der Waals surface area (Å²) in [6, 6.07) is 0.0919. The van der Waals surface area contributed by atoms with Crippen molar-refractivity contribution in [3.63, 3.8) is 0 Å². The van der Waals surface area contributed by atoms with Crippen molar-refractivity contribution in [3.8, 4) is 0 Å². The summed E-state index contributed by atoms with van der Waals surface area (Å²) in [7, 11) is 1.94. The molecular weight excluding hydrogens is 216 g/mol. The summed E-state index contributed by atoms with van der Waals surface area (Å²) in [6.45, 7) is 5.22. The Labute approximate surface area is 101 Å². The molecule has 3 fully saturated rings. The van der Waals surface area contributed by atoms with Crippen molar-refractivity contribution in [2.75, 3.05) is 32.7 Å². The van der Waals surface area contributed by atoms with Gasteiger partial charge in [-0.15, -0.1) is 0 Å². The largest absolute Gasteiger partial charge is 0.338 e. The summed E-state index contributed by atoms with van der Waals surface area (Å²) in [5.74, 6) is 1.18. The van der Waals surface area contributed by atoms with E-state index in [1.165, 1.54) is 0 Å². The normalized spacial score (nSPS) is 31.7. The summed E-state index contributed by atoms with van der Waals surface area (Å²) >= 11 is 0. The topological polar surface area (TPSA) is 41.4 Å². The van der Waals surface area contributed by atoms with Crippen LogP contribution in [0, 0.1) is 0 Å². The highest BCUT2D eigenvalue weighted by molar-refractivity contribution is 5.86. The average Bonchev–Trinajstić information content (AvgIpc) is 2.76. The van der Waals surface area contributed by atoms with Crippen LogP contribution in [0.5, 0.6) is 0 Å². The third-order valence-corrected chi connectivity index (χ3v) is 3.90. The van der Waals surface area contributed by atoms with Gasteiger partial charge in [-0.1, -0.05) is 0 Å². The van der Waals surface area contributed by atoms with E-state index in [2.05, 4.69) is 14.8 Å². The molecule has 1 atom stereocenters. The standard InChI is InChI=1S/C12H18N4O/c1-14-3-2-13-12(14)8-11(17)10-9-15-4-6-16(10)7-5-15/h2-3,10H,4-9H2,1H3. The highest BCUT2D eigenvalue weighted by Gasteiger charge is 2.36. The molecule has 5 heteroatoms. The highest BCUT2D eigenvalue weighted by atomic mass is 16.1. The molecule has 4 heterocycles. The summed E-state index contributed by atoms with van der Waals surface area (Å²) in [4.78, 5) is 21.2. The number of aryl methyl sites for hydroxylation is 1. The average molecular weight is 234 g/mol. The molecule has 3 aliphatic heterocycles. The van der Waals surface area contributed by atoms with Gasteiger partial charge in [0, 0.05) is 52.2 Å². The second kappa shape index (κ2) is 4.23. The number of imidazole rings is 1. The molecule has 0 amide bonds. The van der Waals surface area contributed by atoms with Gasteiger partial charge in [-0.2, -0.15) is 0 Å². The van der Waals surface area contributed by atoms with Crippen LogP contribution in [0.3, 0.4) is 0 Å². The van der Waals surface area contributed by atoms with Crippen LogP contribution < -0.4 is 0 Å². The monoisotopic (exact) mass is 234 g/mol. The number of ketones is 1. The van der Waals surface area contributed by atoms with Crippen LogP contribution in [0.2, 0.25) is 0 Å². The van der Waals surface area contributed by atoms with E-state index in [1.54, 1.807) is 6.20 Å². The minimum atomic E-state index is 0.0919. The Morgan fingerprint density at radius 1 is 1.41 bits per heavy atom. The number of rotatable bonds is 3. The molecule has 92 valence electrons. The number of nitrogens with zero attached hydrogens (tertiary/aromatic N) is 4. The van der Waals surface area contributed by atoms with Crippen LogP contribution in [0.1, 0.15) is 5.82 Å². The maximum absolute atomic E-state index is 12.3. The molecule has 1 unspecified atom stereocenters. The Morgan fingerprint density at radius 3 is 2.71 bits per heavy atom. The zero-order chi connectivity index (χ0) is 11.8. The lowest BCUT2D eigenvalue weighted by Gasteiger charge is -2.46. The van der Waals surface area contributed by atoms with Gasteiger partial charge in [0.2, 0.25) is 0 Å². The minimum absolute atomic E-state index is 0.0919. The minimum Gasteiger partial charge on any atom is -0.338 e. The first-order valence-electron chi connectivity index (χ1n) is 6.19. The molecule has 0 aliphatic carbocycles. The number of carbonyl (C=O) groups is 1. The number of fused-ring (bicyclic) bond motifs is 3. The van der Waals surface area contributed by atoms with E-state index >= 15 is 0 Å². The van der Waals surface area contributed by atoms with Gasteiger partial charge in [-0.25, -0.2) is 4.98 Å². The molecule has 17 heavy (non-hydrogen) atoms.